The molecule has 0 bridgehead atoms. The van der Waals surface area contributed by atoms with Gasteiger partial charge in [-0.15, -0.1) is 0 Å². The van der Waals surface area contributed by atoms with Gasteiger partial charge in [0.25, 0.3) is 5.91 Å². The highest BCUT2D eigenvalue weighted by Crippen LogP contribution is 2.25. The number of nitrogen functional groups attached to an aromatic ring is 1. The Hall–Kier alpha value is -1.75. The second-order valence-corrected chi connectivity index (χ2v) is 5.06. The van der Waals surface area contributed by atoms with Crippen LogP contribution in [-0.2, 0) is 9.53 Å². The smallest absolute Gasteiger partial charge is 0.258 e. The van der Waals surface area contributed by atoms with Crippen LogP contribution in [0, 0.1) is 0 Å². The van der Waals surface area contributed by atoms with E-state index in [9.17, 15) is 4.79 Å². The molecule has 1 heterocycles. The molecule has 1 aliphatic rings. The Morgan fingerprint density at radius 1 is 1.58 bits per heavy atom. The first-order valence-electron chi connectivity index (χ1n) is 6.41. The van der Waals surface area contributed by atoms with E-state index in [-0.39, 0.29) is 24.2 Å². The Balaban J connectivity index is 1.87. The molecule has 1 aliphatic heterocycles. The Labute approximate surface area is 113 Å². The number of hydrogen-bond donors (Lipinski definition) is 2. The standard InChI is InChI=1S/C14H20N2O3/c1-10-14(2,7-8-18-10)16-13(17)9-19-12-6-4-3-5-11(12)15/h3-6,10H,7-9,15H2,1-2H3,(H,16,17). The molecule has 0 spiro atoms. The summed E-state index contributed by atoms with van der Waals surface area (Å²) in [6, 6.07) is 7.12. The molecular formula is C14H20N2O3. The molecule has 5 heteroatoms. The lowest BCUT2D eigenvalue weighted by Gasteiger charge is -2.28. The third kappa shape index (κ3) is 3.17. The van der Waals surface area contributed by atoms with Crippen LogP contribution in [0.15, 0.2) is 24.3 Å². The van der Waals surface area contributed by atoms with Gasteiger partial charge >= 0.3 is 0 Å². The molecule has 104 valence electrons. The zero-order valence-electron chi connectivity index (χ0n) is 11.3. The van der Waals surface area contributed by atoms with Crippen molar-refractivity contribution in [3.8, 4) is 5.75 Å². The number of ether oxygens (including phenoxy) is 2. The zero-order valence-corrected chi connectivity index (χ0v) is 11.3. The van der Waals surface area contributed by atoms with E-state index < -0.39 is 0 Å². The van der Waals surface area contributed by atoms with E-state index in [2.05, 4.69) is 5.32 Å². The third-order valence-corrected chi connectivity index (χ3v) is 3.59. The van der Waals surface area contributed by atoms with Gasteiger partial charge in [0.2, 0.25) is 0 Å². The van der Waals surface area contributed by atoms with Crippen LogP contribution in [0.3, 0.4) is 0 Å². The van der Waals surface area contributed by atoms with Crippen molar-refractivity contribution in [2.45, 2.75) is 31.9 Å². The van der Waals surface area contributed by atoms with Crippen LogP contribution < -0.4 is 15.8 Å². The number of nitrogens with one attached hydrogen (secondary N) is 1. The highest BCUT2D eigenvalue weighted by molar-refractivity contribution is 5.78. The van der Waals surface area contributed by atoms with E-state index >= 15 is 0 Å². The van der Waals surface area contributed by atoms with Gasteiger partial charge < -0.3 is 20.5 Å². The number of carbonyl (C=O) groups excluding carboxylic acids is 1. The Morgan fingerprint density at radius 3 is 2.95 bits per heavy atom. The molecule has 0 aromatic heterocycles. The summed E-state index contributed by atoms with van der Waals surface area (Å²) in [7, 11) is 0. The molecule has 2 unspecified atom stereocenters. The van der Waals surface area contributed by atoms with Gasteiger partial charge in [0.05, 0.1) is 17.3 Å². The van der Waals surface area contributed by atoms with E-state index in [0.29, 0.717) is 18.0 Å². The molecule has 2 rings (SSSR count). The molecule has 2 atom stereocenters. The minimum atomic E-state index is -0.317. The predicted octanol–water partition coefficient (Wildman–Crippen LogP) is 1.33. The average molecular weight is 264 g/mol. The highest BCUT2D eigenvalue weighted by atomic mass is 16.5. The van der Waals surface area contributed by atoms with Gasteiger partial charge in [-0.3, -0.25) is 4.79 Å². The first kappa shape index (κ1) is 13.7. The molecule has 1 amide bonds. The van der Waals surface area contributed by atoms with E-state index in [4.69, 9.17) is 15.2 Å². The van der Waals surface area contributed by atoms with Gasteiger partial charge in [0, 0.05) is 6.61 Å². The largest absolute Gasteiger partial charge is 0.482 e. The summed E-state index contributed by atoms with van der Waals surface area (Å²) in [5.41, 5.74) is 5.95. The van der Waals surface area contributed by atoms with Crippen molar-refractivity contribution in [2.24, 2.45) is 0 Å². The Kier molecular flexibility index (Phi) is 3.95. The number of anilines is 1. The molecule has 1 aromatic carbocycles. The van der Waals surface area contributed by atoms with Gasteiger partial charge in [-0.05, 0) is 32.4 Å². The average Bonchev–Trinajstić information content (AvgIpc) is 2.68. The number of para-hydroxylation sites is 2. The fraction of sp³-hybridized carbons (Fsp3) is 0.500. The zero-order chi connectivity index (χ0) is 13.9. The van der Waals surface area contributed by atoms with Gasteiger partial charge in [0.1, 0.15) is 5.75 Å². The Morgan fingerprint density at radius 2 is 2.32 bits per heavy atom. The normalized spacial score (nSPS) is 26.1. The lowest BCUT2D eigenvalue weighted by molar-refractivity contribution is -0.125. The van der Waals surface area contributed by atoms with Crippen LogP contribution >= 0.6 is 0 Å². The van der Waals surface area contributed by atoms with Crippen molar-refractivity contribution in [1.29, 1.82) is 0 Å². The monoisotopic (exact) mass is 264 g/mol. The van der Waals surface area contributed by atoms with Crippen LogP contribution in [0.4, 0.5) is 5.69 Å². The fourth-order valence-corrected chi connectivity index (χ4v) is 2.11. The summed E-state index contributed by atoms with van der Waals surface area (Å²) in [5.74, 6) is 0.363. The summed E-state index contributed by atoms with van der Waals surface area (Å²) in [4.78, 5) is 11.9. The second kappa shape index (κ2) is 5.48. The maximum absolute atomic E-state index is 11.9. The molecule has 1 saturated heterocycles. The fourth-order valence-electron chi connectivity index (χ4n) is 2.11. The first-order valence-corrected chi connectivity index (χ1v) is 6.41. The summed E-state index contributed by atoms with van der Waals surface area (Å²) in [6.45, 7) is 4.57. The van der Waals surface area contributed by atoms with Gasteiger partial charge in [-0.1, -0.05) is 12.1 Å². The summed E-state index contributed by atoms with van der Waals surface area (Å²) < 4.78 is 10.9. The van der Waals surface area contributed by atoms with E-state index in [0.717, 1.165) is 6.42 Å². The van der Waals surface area contributed by atoms with Gasteiger partial charge in [-0.2, -0.15) is 0 Å². The van der Waals surface area contributed by atoms with Crippen LogP contribution in [-0.4, -0.2) is 30.8 Å². The maximum atomic E-state index is 11.9. The molecule has 5 nitrogen and oxygen atoms in total. The van der Waals surface area contributed by atoms with Crippen LogP contribution in [0.25, 0.3) is 0 Å². The van der Waals surface area contributed by atoms with Crippen LogP contribution in [0.2, 0.25) is 0 Å². The molecule has 0 radical (unpaired) electrons. The minimum absolute atomic E-state index is 0.0123. The van der Waals surface area contributed by atoms with E-state index in [1.54, 1.807) is 12.1 Å². The summed E-state index contributed by atoms with van der Waals surface area (Å²) in [6.07, 6.45) is 0.825. The highest BCUT2D eigenvalue weighted by Gasteiger charge is 2.38. The number of nitrogens with two attached hydrogens (primary N) is 1. The van der Waals surface area contributed by atoms with Crippen molar-refractivity contribution < 1.29 is 14.3 Å². The molecule has 1 fully saturated rings. The first-order chi connectivity index (χ1) is 9.01. The van der Waals surface area contributed by atoms with Crippen molar-refractivity contribution in [2.75, 3.05) is 18.9 Å². The number of rotatable bonds is 4. The molecule has 1 aromatic rings. The van der Waals surface area contributed by atoms with Gasteiger partial charge in [0.15, 0.2) is 6.61 Å². The lowest BCUT2D eigenvalue weighted by Crippen LogP contribution is -2.52. The molecule has 0 saturated carbocycles. The van der Waals surface area contributed by atoms with Crippen molar-refractivity contribution in [1.82, 2.24) is 5.32 Å². The van der Waals surface area contributed by atoms with Crippen molar-refractivity contribution in [3.05, 3.63) is 24.3 Å². The van der Waals surface area contributed by atoms with Crippen LogP contribution in [0.1, 0.15) is 20.3 Å². The number of hydrogen-bond acceptors (Lipinski definition) is 4. The topological polar surface area (TPSA) is 73.6 Å². The summed E-state index contributed by atoms with van der Waals surface area (Å²) in [5, 5.41) is 2.96. The van der Waals surface area contributed by atoms with Crippen LogP contribution in [0.5, 0.6) is 5.75 Å². The SMILES string of the molecule is CC1OCCC1(C)NC(=O)COc1ccccc1N. The lowest BCUT2D eigenvalue weighted by atomic mass is 9.95. The number of amides is 1. The molecular weight excluding hydrogens is 244 g/mol. The van der Waals surface area contributed by atoms with Crippen molar-refractivity contribution >= 4 is 11.6 Å². The van der Waals surface area contributed by atoms with E-state index in [1.165, 1.54) is 0 Å². The summed E-state index contributed by atoms with van der Waals surface area (Å²) >= 11 is 0. The molecule has 3 N–H and O–H groups in total. The predicted molar refractivity (Wildman–Crippen MR) is 72.9 cm³/mol. The second-order valence-electron chi connectivity index (χ2n) is 5.06. The maximum Gasteiger partial charge on any atom is 0.258 e. The number of benzene rings is 1. The quantitative estimate of drug-likeness (QED) is 0.805. The van der Waals surface area contributed by atoms with Crippen molar-refractivity contribution in [3.63, 3.8) is 0 Å². The number of carbonyl (C=O) groups is 1. The molecule has 19 heavy (non-hydrogen) atoms. The third-order valence-electron chi connectivity index (χ3n) is 3.59. The minimum Gasteiger partial charge on any atom is -0.482 e. The molecule has 0 aliphatic carbocycles. The van der Waals surface area contributed by atoms with E-state index in [1.807, 2.05) is 26.0 Å². The Bertz CT molecular complexity index is 464. The van der Waals surface area contributed by atoms with Gasteiger partial charge in [-0.25, -0.2) is 0 Å².